The van der Waals surface area contributed by atoms with Gasteiger partial charge < -0.3 is 5.32 Å². The van der Waals surface area contributed by atoms with Crippen LogP contribution in [0.4, 0.5) is 11.4 Å². The lowest BCUT2D eigenvalue weighted by Crippen LogP contribution is -2.00. The Kier molecular flexibility index (Phi) is 4.62. The minimum Gasteiger partial charge on any atom is -0.381 e. The summed E-state index contributed by atoms with van der Waals surface area (Å²) >= 11 is 9.31. The van der Waals surface area contributed by atoms with Crippen molar-refractivity contribution in [2.45, 2.75) is 13.5 Å². The van der Waals surface area contributed by atoms with Crippen LogP contribution in [0.3, 0.4) is 0 Å². The second kappa shape index (κ2) is 6.24. The monoisotopic (exact) mass is 354 g/mol. The second-order valence-electron chi connectivity index (χ2n) is 4.36. The van der Waals surface area contributed by atoms with Crippen molar-refractivity contribution >= 4 is 38.9 Å². The molecule has 0 aliphatic rings. The first-order chi connectivity index (χ1) is 9.47. The lowest BCUT2D eigenvalue weighted by Gasteiger charge is -2.08. The Morgan fingerprint density at radius 2 is 2.05 bits per heavy atom. The molecular weight excluding hydrogens is 344 g/mol. The molecule has 6 heteroatoms. The number of anilines is 1. The summed E-state index contributed by atoms with van der Waals surface area (Å²) in [6.45, 7) is 2.34. The van der Waals surface area contributed by atoms with Crippen molar-refractivity contribution in [3.8, 4) is 0 Å². The average molecular weight is 356 g/mol. The summed E-state index contributed by atoms with van der Waals surface area (Å²) in [6.07, 6.45) is 0. The van der Waals surface area contributed by atoms with E-state index < -0.39 is 0 Å². The van der Waals surface area contributed by atoms with Crippen LogP contribution >= 0.6 is 27.5 Å². The van der Waals surface area contributed by atoms with E-state index in [0.717, 1.165) is 15.7 Å². The van der Waals surface area contributed by atoms with Gasteiger partial charge in [0.2, 0.25) is 0 Å². The summed E-state index contributed by atoms with van der Waals surface area (Å²) in [5.74, 6) is 0. The Bertz CT molecular complexity index is 662. The van der Waals surface area contributed by atoms with Crippen LogP contribution < -0.4 is 5.32 Å². The topological polar surface area (TPSA) is 55.2 Å². The zero-order chi connectivity index (χ0) is 14.7. The summed E-state index contributed by atoms with van der Waals surface area (Å²) in [5, 5.41) is 14.6. The van der Waals surface area contributed by atoms with Crippen molar-refractivity contribution in [1.82, 2.24) is 0 Å². The van der Waals surface area contributed by atoms with Crippen LogP contribution in [0.5, 0.6) is 0 Å². The van der Waals surface area contributed by atoms with Gasteiger partial charge in [-0.05, 0) is 52.7 Å². The van der Waals surface area contributed by atoms with Gasteiger partial charge in [0.25, 0.3) is 5.69 Å². The Labute approximate surface area is 130 Å². The van der Waals surface area contributed by atoms with Gasteiger partial charge in [0.1, 0.15) is 0 Å². The molecule has 0 radical (unpaired) electrons. The van der Waals surface area contributed by atoms with Crippen LogP contribution in [0.25, 0.3) is 0 Å². The molecule has 0 saturated carbocycles. The van der Waals surface area contributed by atoms with Gasteiger partial charge >= 0.3 is 0 Å². The first kappa shape index (κ1) is 14.8. The van der Waals surface area contributed by atoms with E-state index in [-0.39, 0.29) is 10.6 Å². The van der Waals surface area contributed by atoms with Crippen molar-refractivity contribution in [3.63, 3.8) is 0 Å². The molecule has 20 heavy (non-hydrogen) atoms. The molecule has 0 unspecified atom stereocenters. The van der Waals surface area contributed by atoms with Crippen molar-refractivity contribution in [3.05, 3.63) is 67.1 Å². The van der Waals surface area contributed by atoms with Crippen LogP contribution in [0, 0.1) is 17.0 Å². The fraction of sp³-hybridized carbons (Fsp3) is 0.143. The summed E-state index contributed by atoms with van der Waals surface area (Å²) in [5.41, 5.74) is 2.68. The van der Waals surface area contributed by atoms with E-state index in [1.54, 1.807) is 19.1 Å². The largest absolute Gasteiger partial charge is 0.381 e. The summed E-state index contributed by atoms with van der Waals surface area (Å²) in [6, 6.07) is 10.7. The quantitative estimate of drug-likeness (QED) is 0.625. The van der Waals surface area contributed by atoms with Gasteiger partial charge in [0, 0.05) is 28.3 Å². The van der Waals surface area contributed by atoms with Gasteiger partial charge in [-0.3, -0.25) is 10.1 Å². The number of nitrogens with zero attached hydrogens (tertiary/aromatic N) is 1. The zero-order valence-electron chi connectivity index (χ0n) is 10.7. The fourth-order valence-electron chi connectivity index (χ4n) is 1.82. The molecule has 4 nitrogen and oxygen atoms in total. The second-order valence-corrected chi connectivity index (χ2v) is 5.62. The van der Waals surface area contributed by atoms with E-state index in [1.165, 1.54) is 6.07 Å². The maximum atomic E-state index is 10.7. The van der Waals surface area contributed by atoms with E-state index in [4.69, 9.17) is 11.6 Å². The highest BCUT2D eigenvalue weighted by atomic mass is 79.9. The SMILES string of the molecule is Cc1cc(NCc2ccc(Cl)c(Br)c2)ccc1[N+](=O)[O-]. The Morgan fingerprint density at radius 1 is 1.30 bits per heavy atom. The molecule has 0 aliphatic heterocycles. The summed E-state index contributed by atoms with van der Waals surface area (Å²) < 4.78 is 0.846. The lowest BCUT2D eigenvalue weighted by molar-refractivity contribution is -0.385. The Morgan fingerprint density at radius 3 is 2.65 bits per heavy atom. The summed E-state index contributed by atoms with van der Waals surface area (Å²) in [7, 11) is 0. The van der Waals surface area contributed by atoms with Crippen LogP contribution in [0.2, 0.25) is 5.02 Å². The van der Waals surface area contributed by atoms with Gasteiger partial charge in [0.05, 0.1) is 9.95 Å². The first-order valence-corrected chi connectivity index (χ1v) is 7.07. The van der Waals surface area contributed by atoms with E-state index >= 15 is 0 Å². The molecule has 0 aromatic heterocycles. The molecule has 1 N–H and O–H groups in total. The normalized spacial score (nSPS) is 10.3. The van der Waals surface area contributed by atoms with E-state index in [9.17, 15) is 10.1 Å². The van der Waals surface area contributed by atoms with E-state index in [1.807, 2.05) is 18.2 Å². The number of hydrogen-bond donors (Lipinski definition) is 1. The van der Waals surface area contributed by atoms with Crippen molar-refractivity contribution in [1.29, 1.82) is 0 Å². The molecular formula is C14H12BrClN2O2. The Hall–Kier alpha value is -1.59. The number of hydrogen-bond acceptors (Lipinski definition) is 3. The van der Waals surface area contributed by atoms with Crippen LogP contribution in [0.1, 0.15) is 11.1 Å². The molecule has 0 spiro atoms. The predicted molar refractivity (Wildman–Crippen MR) is 84.3 cm³/mol. The smallest absolute Gasteiger partial charge is 0.272 e. The minimum atomic E-state index is -0.380. The van der Waals surface area contributed by atoms with Crippen LogP contribution in [-0.2, 0) is 6.54 Å². The van der Waals surface area contributed by atoms with Gasteiger partial charge in [-0.25, -0.2) is 0 Å². The molecule has 2 aromatic carbocycles. The third kappa shape index (κ3) is 3.49. The summed E-state index contributed by atoms with van der Waals surface area (Å²) in [4.78, 5) is 10.4. The molecule has 104 valence electrons. The number of aryl methyl sites for hydroxylation is 1. The van der Waals surface area contributed by atoms with Crippen molar-refractivity contribution in [2.24, 2.45) is 0 Å². The average Bonchev–Trinajstić information content (AvgIpc) is 2.40. The van der Waals surface area contributed by atoms with E-state index in [0.29, 0.717) is 17.1 Å². The van der Waals surface area contributed by atoms with E-state index in [2.05, 4.69) is 21.2 Å². The molecule has 0 aliphatic carbocycles. The molecule has 0 atom stereocenters. The number of halogens is 2. The maximum absolute atomic E-state index is 10.7. The zero-order valence-corrected chi connectivity index (χ0v) is 13.0. The minimum absolute atomic E-state index is 0.129. The van der Waals surface area contributed by atoms with Gasteiger partial charge in [-0.1, -0.05) is 17.7 Å². The first-order valence-electron chi connectivity index (χ1n) is 5.90. The molecule has 0 heterocycles. The molecule has 0 bridgehead atoms. The maximum Gasteiger partial charge on any atom is 0.272 e. The molecule has 0 saturated heterocycles. The Balaban J connectivity index is 2.09. The standard InChI is InChI=1S/C14H12BrClN2O2/c1-9-6-11(3-5-14(9)18(19)20)17-8-10-2-4-13(16)12(15)7-10/h2-7,17H,8H2,1H3. The molecule has 0 fully saturated rings. The van der Waals surface area contributed by atoms with Gasteiger partial charge in [0.15, 0.2) is 0 Å². The van der Waals surface area contributed by atoms with Crippen molar-refractivity contribution < 1.29 is 4.92 Å². The van der Waals surface area contributed by atoms with Gasteiger partial charge in [-0.2, -0.15) is 0 Å². The number of benzene rings is 2. The molecule has 2 aromatic rings. The third-order valence-electron chi connectivity index (χ3n) is 2.87. The highest BCUT2D eigenvalue weighted by Crippen LogP contribution is 2.25. The van der Waals surface area contributed by atoms with Gasteiger partial charge in [-0.15, -0.1) is 0 Å². The predicted octanol–water partition coefficient (Wildman–Crippen LogP) is 4.93. The number of rotatable bonds is 4. The third-order valence-corrected chi connectivity index (χ3v) is 4.09. The highest BCUT2D eigenvalue weighted by molar-refractivity contribution is 9.10. The fourth-order valence-corrected chi connectivity index (χ4v) is 2.37. The molecule has 0 amide bonds. The number of nitro groups is 1. The van der Waals surface area contributed by atoms with Crippen LogP contribution in [-0.4, -0.2) is 4.92 Å². The van der Waals surface area contributed by atoms with Crippen molar-refractivity contribution in [2.75, 3.05) is 5.32 Å². The number of nitrogens with one attached hydrogen (secondary N) is 1. The lowest BCUT2D eigenvalue weighted by atomic mass is 10.1. The number of nitro benzene ring substituents is 1. The highest BCUT2D eigenvalue weighted by Gasteiger charge is 2.09. The van der Waals surface area contributed by atoms with Crippen LogP contribution in [0.15, 0.2) is 40.9 Å². The molecule has 2 rings (SSSR count).